The Kier molecular flexibility index (Phi) is 11.4. The van der Waals surface area contributed by atoms with Crippen molar-refractivity contribution >= 4 is 18.2 Å². The van der Waals surface area contributed by atoms with Crippen LogP contribution in [0.25, 0.3) is 0 Å². The van der Waals surface area contributed by atoms with Crippen LogP contribution in [-0.4, -0.2) is 29.8 Å². The monoisotopic (exact) mass is 327 g/mol. The van der Waals surface area contributed by atoms with Crippen molar-refractivity contribution in [2.75, 3.05) is 0 Å². The fraction of sp³-hybridized carbons (Fsp3) is 0.833. The lowest BCUT2D eigenvalue weighted by atomic mass is 10.0. The molecule has 1 amide bonds. The molecule has 0 aromatic rings. The van der Waals surface area contributed by atoms with Crippen LogP contribution in [0.5, 0.6) is 0 Å². The first kappa shape index (κ1) is 21.6. The van der Waals surface area contributed by atoms with Crippen molar-refractivity contribution in [1.29, 1.82) is 0 Å². The lowest BCUT2D eigenvalue weighted by Gasteiger charge is -2.24. The number of esters is 1. The molecule has 0 spiro atoms. The molecule has 134 valence electrons. The molecule has 0 heterocycles. The summed E-state index contributed by atoms with van der Waals surface area (Å²) in [6.45, 7) is 7.59. The normalized spacial score (nSPS) is 12.5. The zero-order chi connectivity index (χ0) is 17.7. The molecule has 0 saturated carbocycles. The highest BCUT2D eigenvalue weighted by Gasteiger charge is 2.26. The van der Waals surface area contributed by atoms with E-state index in [1.807, 2.05) is 0 Å². The topological polar surface area (TPSA) is 72.5 Å². The van der Waals surface area contributed by atoms with Crippen LogP contribution in [0.15, 0.2) is 0 Å². The molecular weight excluding hydrogens is 294 g/mol. The highest BCUT2D eigenvalue weighted by atomic mass is 16.6. The number of nitrogens with one attached hydrogen (secondary N) is 1. The molecule has 0 aromatic carbocycles. The second-order valence-electron chi connectivity index (χ2n) is 6.92. The van der Waals surface area contributed by atoms with Gasteiger partial charge in [0.1, 0.15) is 17.9 Å². The minimum Gasteiger partial charge on any atom is -0.458 e. The van der Waals surface area contributed by atoms with Gasteiger partial charge < -0.3 is 14.8 Å². The molecule has 0 saturated heterocycles. The Morgan fingerprint density at radius 1 is 1.09 bits per heavy atom. The van der Waals surface area contributed by atoms with E-state index in [2.05, 4.69) is 12.2 Å². The van der Waals surface area contributed by atoms with Gasteiger partial charge in [-0.3, -0.25) is 4.79 Å². The Bertz CT molecular complexity index is 361. The Hall–Kier alpha value is -1.39. The predicted molar refractivity (Wildman–Crippen MR) is 91.1 cm³/mol. The Morgan fingerprint density at radius 2 is 1.70 bits per heavy atom. The van der Waals surface area contributed by atoms with Crippen LogP contribution < -0.4 is 5.32 Å². The van der Waals surface area contributed by atoms with Crippen LogP contribution >= 0.6 is 0 Å². The van der Waals surface area contributed by atoms with E-state index in [1.165, 1.54) is 19.3 Å². The zero-order valence-corrected chi connectivity index (χ0v) is 15.2. The molecular formula is C18H33NO4. The van der Waals surface area contributed by atoms with Gasteiger partial charge >= 0.3 is 5.97 Å². The number of ether oxygens (including phenoxy) is 1. The molecule has 1 unspecified atom stereocenters. The minimum absolute atomic E-state index is 0.110. The summed E-state index contributed by atoms with van der Waals surface area (Å²) in [7, 11) is 0. The quantitative estimate of drug-likeness (QED) is 0.338. The second kappa shape index (κ2) is 12.1. The molecule has 5 heteroatoms. The maximum Gasteiger partial charge on any atom is 0.329 e. The summed E-state index contributed by atoms with van der Waals surface area (Å²) < 4.78 is 5.38. The van der Waals surface area contributed by atoms with Gasteiger partial charge in [0.2, 0.25) is 5.91 Å². The lowest BCUT2D eigenvalue weighted by molar-refractivity contribution is -0.158. The molecule has 1 atom stereocenters. The average Bonchev–Trinajstić information content (AvgIpc) is 2.45. The highest BCUT2D eigenvalue weighted by Crippen LogP contribution is 2.13. The van der Waals surface area contributed by atoms with E-state index in [-0.39, 0.29) is 18.7 Å². The van der Waals surface area contributed by atoms with Crippen LogP contribution in [0.3, 0.4) is 0 Å². The van der Waals surface area contributed by atoms with Crippen molar-refractivity contribution in [2.24, 2.45) is 0 Å². The smallest absolute Gasteiger partial charge is 0.329 e. The summed E-state index contributed by atoms with van der Waals surface area (Å²) in [4.78, 5) is 34.3. The molecule has 0 aliphatic rings. The van der Waals surface area contributed by atoms with Crippen molar-refractivity contribution in [3.63, 3.8) is 0 Å². The zero-order valence-electron chi connectivity index (χ0n) is 15.2. The number of carbonyl (C=O) groups excluding carboxylic acids is 3. The Morgan fingerprint density at radius 3 is 2.26 bits per heavy atom. The van der Waals surface area contributed by atoms with E-state index in [4.69, 9.17) is 4.74 Å². The molecule has 0 rings (SSSR count). The first-order valence-electron chi connectivity index (χ1n) is 8.76. The van der Waals surface area contributed by atoms with Crippen LogP contribution in [0, 0.1) is 0 Å². The van der Waals surface area contributed by atoms with Crippen molar-refractivity contribution in [3.8, 4) is 0 Å². The van der Waals surface area contributed by atoms with Crippen LogP contribution in [0.1, 0.15) is 85.5 Å². The molecule has 23 heavy (non-hydrogen) atoms. The first-order chi connectivity index (χ1) is 10.8. The van der Waals surface area contributed by atoms with Gasteiger partial charge in [-0.1, -0.05) is 45.4 Å². The maximum atomic E-state index is 12.2. The molecule has 0 aromatic heterocycles. The first-order valence-corrected chi connectivity index (χ1v) is 8.76. The number of rotatable bonds is 12. The third-order valence-corrected chi connectivity index (χ3v) is 3.36. The molecule has 0 bridgehead atoms. The summed E-state index contributed by atoms with van der Waals surface area (Å²) in [5, 5.41) is 2.70. The Labute approximate surface area is 140 Å². The van der Waals surface area contributed by atoms with E-state index in [0.717, 1.165) is 19.3 Å². The third kappa shape index (κ3) is 12.8. The van der Waals surface area contributed by atoms with Gasteiger partial charge in [-0.15, -0.1) is 0 Å². The van der Waals surface area contributed by atoms with E-state index in [9.17, 15) is 14.4 Å². The van der Waals surface area contributed by atoms with Crippen molar-refractivity contribution < 1.29 is 19.1 Å². The summed E-state index contributed by atoms with van der Waals surface area (Å²) in [5.74, 6) is -0.676. The van der Waals surface area contributed by atoms with Gasteiger partial charge in [0, 0.05) is 12.8 Å². The van der Waals surface area contributed by atoms with Crippen molar-refractivity contribution in [3.05, 3.63) is 0 Å². The fourth-order valence-corrected chi connectivity index (χ4v) is 2.21. The van der Waals surface area contributed by atoms with E-state index in [1.54, 1.807) is 20.8 Å². The van der Waals surface area contributed by atoms with Crippen LogP contribution in [0.2, 0.25) is 0 Å². The van der Waals surface area contributed by atoms with Gasteiger partial charge in [-0.25, -0.2) is 4.79 Å². The fourth-order valence-electron chi connectivity index (χ4n) is 2.21. The number of amides is 1. The van der Waals surface area contributed by atoms with E-state index >= 15 is 0 Å². The third-order valence-electron chi connectivity index (χ3n) is 3.36. The summed E-state index contributed by atoms with van der Waals surface area (Å²) in [6, 6.07) is -0.625. The van der Waals surface area contributed by atoms with Gasteiger partial charge in [-0.05, 0) is 27.2 Å². The molecule has 0 radical (unpaired) electrons. The second-order valence-corrected chi connectivity index (χ2v) is 6.92. The number of aldehydes is 1. The van der Waals surface area contributed by atoms with Gasteiger partial charge in [0.05, 0.1) is 0 Å². The minimum atomic E-state index is -0.625. The summed E-state index contributed by atoms with van der Waals surface area (Å²) in [6.07, 6.45) is 8.27. The van der Waals surface area contributed by atoms with Gasteiger partial charge in [0.15, 0.2) is 0 Å². The molecule has 0 aliphatic heterocycles. The SMILES string of the molecule is CCCCCCCCC(NC(=O)CCC=O)C(=O)OC(C)(C)C. The highest BCUT2D eigenvalue weighted by molar-refractivity contribution is 5.85. The van der Waals surface area contributed by atoms with Crippen LogP contribution in [0.4, 0.5) is 0 Å². The standard InChI is InChI=1S/C18H33NO4/c1-5-6-7-8-9-10-12-15(17(22)23-18(2,3)4)19-16(21)13-11-14-20/h14-15H,5-13H2,1-4H3,(H,19,21). The van der Waals surface area contributed by atoms with E-state index in [0.29, 0.717) is 12.7 Å². The lowest BCUT2D eigenvalue weighted by Crippen LogP contribution is -2.44. The van der Waals surface area contributed by atoms with Crippen molar-refractivity contribution in [1.82, 2.24) is 5.32 Å². The number of hydrogen-bond donors (Lipinski definition) is 1. The molecule has 1 N–H and O–H groups in total. The largest absolute Gasteiger partial charge is 0.458 e. The number of unbranched alkanes of at least 4 members (excludes halogenated alkanes) is 5. The van der Waals surface area contributed by atoms with Gasteiger partial charge in [0.25, 0.3) is 0 Å². The summed E-state index contributed by atoms with van der Waals surface area (Å²) >= 11 is 0. The van der Waals surface area contributed by atoms with Crippen LogP contribution in [-0.2, 0) is 19.1 Å². The predicted octanol–water partition coefficient (Wildman–Crippen LogP) is 3.54. The molecule has 0 aliphatic carbocycles. The van der Waals surface area contributed by atoms with E-state index < -0.39 is 17.6 Å². The molecule has 5 nitrogen and oxygen atoms in total. The van der Waals surface area contributed by atoms with Crippen molar-refractivity contribution in [2.45, 2.75) is 97.1 Å². The Balaban J connectivity index is 4.39. The average molecular weight is 327 g/mol. The number of carbonyl (C=O) groups is 3. The molecule has 0 fully saturated rings. The maximum absolute atomic E-state index is 12.2. The number of hydrogen-bond acceptors (Lipinski definition) is 4. The van der Waals surface area contributed by atoms with Gasteiger partial charge in [-0.2, -0.15) is 0 Å². The summed E-state index contributed by atoms with van der Waals surface area (Å²) in [5.41, 5.74) is -0.579.